The van der Waals surface area contributed by atoms with Crippen LogP contribution in [-0.4, -0.2) is 32.3 Å². The minimum absolute atomic E-state index is 0. The van der Waals surface area contributed by atoms with Gasteiger partial charge in [0.2, 0.25) is 0 Å². The van der Waals surface area contributed by atoms with Gasteiger partial charge in [-0.25, -0.2) is 4.99 Å². The van der Waals surface area contributed by atoms with Crippen molar-refractivity contribution in [2.75, 3.05) is 20.3 Å². The van der Waals surface area contributed by atoms with Gasteiger partial charge in [-0.3, -0.25) is 0 Å². The third-order valence-electron chi connectivity index (χ3n) is 2.78. The minimum atomic E-state index is -0.0246. The van der Waals surface area contributed by atoms with Crippen molar-refractivity contribution in [2.45, 2.75) is 19.0 Å². The number of nitrogens with zero attached hydrogens (tertiary/aromatic N) is 1. The molecule has 1 aliphatic heterocycles. The fourth-order valence-corrected chi connectivity index (χ4v) is 2.00. The Hall–Kier alpha value is -1.02. The van der Waals surface area contributed by atoms with Gasteiger partial charge in [0.15, 0.2) is 5.96 Å². The quantitative estimate of drug-likeness (QED) is 0.476. The van der Waals surface area contributed by atoms with Crippen LogP contribution < -0.4 is 15.8 Å². The van der Waals surface area contributed by atoms with Gasteiger partial charge in [-0.05, 0) is 13.0 Å². The maximum atomic E-state index is 5.87. The molecule has 0 aliphatic carbocycles. The Morgan fingerprint density at radius 3 is 3.05 bits per heavy atom. The molecule has 1 aliphatic rings. The minimum Gasteiger partial charge on any atom is -0.491 e. The number of hydrogen-bond acceptors (Lipinski definition) is 3. The first kappa shape index (κ1) is 16.0. The van der Waals surface area contributed by atoms with E-state index in [1.54, 1.807) is 7.11 Å². The number of aliphatic imine (C=N–C) groups is 1. The maximum absolute atomic E-state index is 5.87. The number of hydrogen-bond donors (Lipinski definition) is 2. The largest absolute Gasteiger partial charge is 0.491 e. The number of rotatable bonds is 4. The van der Waals surface area contributed by atoms with Crippen LogP contribution in [0.3, 0.4) is 0 Å². The lowest BCUT2D eigenvalue weighted by Crippen LogP contribution is -2.41. The molecule has 106 valence electrons. The molecule has 5 nitrogen and oxygen atoms in total. The van der Waals surface area contributed by atoms with Crippen molar-refractivity contribution in [3.63, 3.8) is 0 Å². The van der Waals surface area contributed by atoms with Crippen LogP contribution in [0, 0.1) is 0 Å². The van der Waals surface area contributed by atoms with Crippen molar-refractivity contribution in [2.24, 2.45) is 10.7 Å². The molecule has 0 amide bonds. The fourth-order valence-electron chi connectivity index (χ4n) is 2.00. The average molecular weight is 377 g/mol. The highest BCUT2D eigenvalue weighted by atomic mass is 127. The number of guanidine groups is 1. The molecule has 0 bridgehead atoms. The van der Waals surface area contributed by atoms with Crippen LogP contribution in [0.5, 0.6) is 5.75 Å². The third-order valence-corrected chi connectivity index (χ3v) is 2.78. The molecule has 0 saturated heterocycles. The van der Waals surface area contributed by atoms with Crippen LogP contribution >= 0.6 is 24.0 Å². The molecule has 3 N–H and O–H groups in total. The molecule has 2 unspecified atom stereocenters. The fraction of sp³-hybridized carbons (Fsp3) is 0.462. The summed E-state index contributed by atoms with van der Waals surface area (Å²) in [7, 11) is 1.66. The third kappa shape index (κ3) is 4.24. The SMILES string of the molecule is COCC(C)NC(N)=NC1COc2ccccc21.I. The van der Waals surface area contributed by atoms with Crippen molar-refractivity contribution in [1.29, 1.82) is 0 Å². The summed E-state index contributed by atoms with van der Waals surface area (Å²) in [6.07, 6.45) is 0. The van der Waals surface area contributed by atoms with Gasteiger partial charge in [0.05, 0.1) is 6.61 Å². The molecule has 0 fully saturated rings. The van der Waals surface area contributed by atoms with Crippen molar-refractivity contribution in [3.8, 4) is 5.75 Å². The Balaban J connectivity index is 0.00000180. The van der Waals surface area contributed by atoms with E-state index in [1.165, 1.54) is 0 Å². The van der Waals surface area contributed by atoms with Gasteiger partial charge in [0, 0.05) is 18.7 Å². The molecule has 0 radical (unpaired) electrons. The summed E-state index contributed by atoms with van der Waals surface area (Å²) in [4.78, 5) is 4.44. The van der Waals surface area contributed by atoms with Gasteiger partial charge in [0.25, 0.3) is 0 Å². The van der Waals surface area contributed by atoms with Crippen LogP contribution in [0.1, 0.15) is 18.5 Å². The highest BCUT2D eigenvalue weighted by molar-refractivity contribution is 14.0. The van der Waals surface area contributed by atoms with Gasteiger partial charge in [-0.2, -0.15) is 0 Å². The van der Waals surface area contributed by atoms with Crippen LogP contribution in [0.4, 0.5) is 0 Å². The van der Waals surface area contributed by atoms with E-state index in [-0.39, 0.29) is 36.1 Å². The summed E-state index contributed by atoms with van der Waals surface area (Å²) in [5, 5.41) is 3.09. The zero-order valence-corrected chi connectivity index (χ0v) is 13.5. The van der Waals surface area contributed by atoms with Crippen LogP contribution in [-0.2, 0) is 4.74 Å². The maximum Gasteiger partial charge on any atom is 0.189 e. The summed E-state index contributed by atoms with van der Waals surface area (Å²) in [5.74, 6) is 1.31. The Kier molecular flexibility index (Phi) is 6.36. The molecule has 0 spiro atoms. The summed E-state index contributed by atoms with van der Waals surface area (Å²) < 4.78 is 10.6. The standard InChI is InChI=1S/C13H19N3O2.HI/c1-9(7-17-2)15-13(14)16-11-8-18-12-6-4-3-5-10(11)12;/h3-6,9,11H,7-8H2,1-2H3,(H3,14,15,16);1H. The normalized spacial score (nSPS) is 19.1. The monoisotopic (exact) mass is 377 g/mol. The molecule has 2 atom stereocenters. The Labute approximate surface area is 130 Å². The number of methoxy groups -OCH3 is 1. The van der Waals surface area contributed by atoms with Crippen LogP contribution in [0.15, 0.2) is 29.3 Å². The van der Waals surface area contributed by atoms with E-state index in [4.69, 9.17) is 15.2 Å². The second kappa shape index (κ2) is 7.54. The molecule has 0 aromatic heterocycles. The first-order valence-corrected chi connectivity index (χ1v) is 6.01. The molecule has 0 saturated carbocycles. The summed E-state index contributed by atoms with van der Waals surface area (Å²) in [6.45, 7) is 3.12. The predicted molar refractivity (Wildman–Crippen MR) is 86.2 cm³/mol. The number of nitrogens with two attached hydrogens (primary N) is 1. The number of benzene rings is 1. The van der Waals surface area contributed by atoms with E-state index >= 15 is 0 Å². The lowest BCUT2D eigenvalue weighted by molar-refractivity contribution is 0.179. The van der Waals surface area contributed by atoms with Gasteiger partial charge < -0.3 is 20.5 Å². The number of halogens is 1. The lowest BCUT2D eigenvalue weighted by atomic mass is 10.1. The van der Waals surface area contributed by atoms with E-state index < -0.39 is 0 Å². The van der Waals surface area contributed by atoms with Gasteiger partial charge in [0.1, 0.15) is 18.4 Å². The molecule has 1 aromatic carbocycles. The molecule has 1 heterocycles. The number of para-hydroxylation sites is 1. The van der Waals surface area contributed by atoms with Gasteiger partial charge >= 0.3 is 0 Å². The van der Waals surface area contributed by atoms with Gasteiger partial charge in [-0.1, -0.05) is 18.2 Å². The summed E-state index contributed by atoms with van der Waals surface area (Å²) in [6, 6.07) is 8.00. The van der Waals surface area contributed by atoms with E-state index in [0.717, 1.165) is 11.3 Å². The molecule has 19 heavy (non-hydrogen) atoms. The molecule has 1 aromatic rings. The lowest BCUT2D eigenvalue weighted by Gasteiger charge is -2.14. The van der Waals surface area contributed by atoms with E-state index in [2.05, 4.69) is 10.3 Å². The first-order chi connectivity index (χ1) is 8.70. The number of ether oxygens (including phenoxy) is 2. The topological polar surface area (TPSA) is 68.9 Å². The Morgan fingerprint density at radius 1 is 1.58 bits per heavy atom. The molecular formula is C13H20IN3O2. The first-order valence-electron chi connectivity index (χ1n) is 6.01. The predicted octanol–water partition coefficient (Wildman–Crippen LogP) is 1.68. The second-order valence-electron chi connectivity index (χ2n) is 4.38. The van der Waals surface area contributed by atoms with Gasteiger partial charge in [-0.15, -0.1) is 24.0 Å². The number of nitrogens with one attached hydrogen (secondary N) is 1. The molecule has 6 heteroatoms. The van der Waals surface area contributed by atoms with Crippen LogP contribution in [0.2, 0.25) is 0 Å². The van der Waals surface area contributed by atoms with Crippen molar-refractivity contribution in [3.05, 3.63) is 29.8 Å². The summed E-state index contributed by atoms with van der Waals surface area (Å²) in [5.41, 5.74) is 6.95. The van der Waals surface area contributed by atoms with Crippen molar-refractivity contribution >= 4 is 29.9 Å². The highest BCUT2D eigenvalue weighted by Crippen LogP contribution is 2.33. The van der Waals surface area contributed by atoms with E-state index in [0.29, 0.717) is 19.2 Å². The highest BCUT2D eigenvalue weighted by Gasteiger charge is 2.23. The molecule has 2 rings (SSSR count). The van der Waals surface area contributed by atoms with E-state index in [1.807, 2.05) is 31.2 Å². The summed E-state index contributed by atoms with van der Waals surface area (Å²) >= 11 is 0. The zero-order chi connectivity index (χ0) is 13.0. The Morgan fingerprint density at radius 2 is 2.32 bits per heavy atom. The molecular weight excluding hydrogens is 357 g/mol. The number of fused-ring (bicyclic) bond motifs is 1. The van der Waals surface area contributed by atoms with Crippen molar-refractivity contribution in [1.82, 2.24) is 5.32 Å². The average Bonchev–Trinajstić information content (AvgIpc) is 2.73. The Bertz CT molecular complexity index is 440. The zero-order valence-electron chi connectivity index (χ0n) is 11.1. The van der Waals surface area contributed by atoms with Crippen LogP contribution in [0.25, 0.3) is 0 Å². The second-order valence-corrected chi connectivity index (χ2v) is 4.38. The van der Waals surface area contributed by atoms with E-state index in [9.17, 15) is 0 Å². The smallest absolute Gasteiger partial charge is 0.189 e. The van der Waals surface area contributed by atoms with Crippen molar-refractivity contribution < 1.29 is 9.47 Å².